The summed E-state index contributed by atoms with van der Waals surface area (Å²) >= 11 is 0. The van der Waals surface area contributed by atoms with Gasteiger partial charge in [0.2, 0.25) is 0 Å². The summed E-state index contributed by atoms with van der Waals surface area (Å²) in [6.07, 6.45) is 0.0446. The molecule has 1 unspecified atom stereocenters. The van der Waals surface area contributed by atoms with Crippen LogP contribution in [0.1, 0.15) is 26.3 Å². The summed E-state index contributed by atoms with van der Waals surface area (Å²) in [4.78, 5) is 12.1. The number of hydrogen-bond acceptors (Lipinski definition) is 5. The number of benzene rings is 1. The van der Waals surface area contributed by atoms with E-state index in [4.69, 9.17) is 19.9 Å². The van der Waals surface area contributed by atoms with Gasteiger partial charge in [0.1, 0.15) is 23.6 Å². The van der Waals surface area contributed by atoms with Crippen LogP contribution in [-0.4, -0.2) is 37.7 Å². The van der Waals surface area contributed by atoms with Crippen LogP contribution in [0.5, 0.6) is 5.75 Å². The molecule has 0 spiro atoms. The van der Waals surface area contributed by atoms with Crippen molar-refractivity contribution in [2.75, 3.05) is 20.6 Å². The van der Waals surface area contributed by atoms with E-state index in [1.165, 1.54) is 7.11 Å². The highest BCUT2D eigenvalue weighted by Gasteiger charge is 2.38. The first-order valence-corrected chi connectivity index (χ1v) is 6.99. The van der Waals surface area contributed by atoms with Crippen LogP contribution in [-0.2, 0) is 20.7 Å². The summed E-state index contributed by atoms with van der Waals surface area (Å²) < 4.78 is 28.6. The molecule has 22 heavy (non-hydrogen) atoms. The molecule has 2 N–H and O–H groups in total. The topological polar surface area (TPSA) is 70.8 Å². The molecular formula is C16H24FNO4. The van der Waals surface area contributed by atoms with Crippen LogP contribution in [0, 0.1) is 0 Å². The highest BCUT2D eigenvalue weighted by Crippen LogP contribution is 2.20. The maximum Gasteiger partial charge on any atom is 0.329 e. The molecule has 0 aliphatic rings. The SMILES string of the molecule is COCOc1ccc(CC(N)(CF)C(=O)OC(C)(C)C)cc1. The van der Waals surface area contributed by atoms with Gasteiger partial charge in [-0.1, -0.05) is 12.1 Å². The zero-order valence-corrected chi connectivity index (χ0v) is 13.5. The van der Waals surface area contributed by atoms with E-state index in [-0.39, 0.29) is 13.2 Å². The first-order chi connectivity index (χ1) is 10.2. The van der Waals surface area contributed by atoms with Crippen LogP contribution in [0.4, 0.5) is 4.39 Å². The molecule has 0 fully saturated rings. The van der Waals surface area contributed by atoms with Crippen molar-refractivity contribution >= 4 is 5.97 Å². The number of carbonyl (C=O) groups excluding carboxylic acids is 1. The van der Waals surface area contributed by atoms with Crippen molar-refractivity contribution in [3.63, 3.8) is 0 Å². The van der Waals surface area contributed by atoms with Crippen LogP contribution < -0.4 is 10.5 Å². The molecule has 124 valence electrons. The highest BCUT2D eigenvalue weighted by molar-refractivity contribution is 5.81. The smallest absolute Gasteiger partial charge is 0.329 e. The van der Waals surface area contributed by atoms with E-state index in [0.29, 0.717) is 5.75 Å². The number of halogens is 1. The molecule has 0 radical (unpaired) electrons. The number of esters is 1. The summed E-state index contributed by atoms with van der Waals surface area (Å²) in [6.45, 7) is 4.29. The molecule has 0 aromatic heterocycles. The summed E-state index contributed by atoms with van der Waals surface area (Å²) in [6, 6.07) is 6.88. The lowest BCUT2D eigenvalue weighted by Crippen LogP contribution is -2.54. The lowest BCUT2D eigenvalue weighted by atomic mass is 9.93. The number of nitrogens with two attached hydrogens (primary N) is 1. The molecular weight excluding hydrogens is 289 g/mol. The van der Waals surface area contributed by atoms with Crippen molar-refractivity contribution < 1.29 is 23.4 Å². The van der Waals surface area contributed by atoms with Crippen LogP contribution in [0.15, 0.2) is 24.3 Å². The molecule has 0 bridgehead atoms. The standard InChI is InChI=1S/C16H24FNO4/c1-15(2,3)22-14(19)16(18,10-17)9-12-5-7-13(8-6-12)21-11-20-4/h5-8H,9-11,18H2,1-4H3. The predicted molar refractivity (Wildman–Crippen MR) is 81.4 cm³/mol. The molecule has 5 nitrogen and oxygen atoms in total. The van der Waals surface area contributed by atoms with Gasteiger partial charge in [-0.05, 0) is 38.5 Å². The van der Waals surface area contributed by atoms with E-state index in [9.17, 15) is 9.18 Å². The molecule has 1 aromatic carbocycles. The first kappa shape index (κ1) is 18.4. The van der Waals surface area contributed by atoms with Gasteiger partial charge in [-0.3, -0.25) is 0 Å². The average Bonchev–Trinajstić information content (AvgIpc) is 2.44. The average molecular weight is 313 g/mol. The van der Waals surface area contributed by atoms with Crippen molar-refractivity contribution in [2.45, 2.75) is 38.3 Å². The Labute approximate surface area is 130 Å². The van der Waals surface area contributed by atoms with Gasteiger partial charge >= 0.3 is 5.97 Å². The van der Waals surface area contributed by atoms with E-state index in [2.05, 4.69) is 0 Å². The van der Waals surface area contributed by atoms with Gasteiger partial charge in [0.05, 0.1) is 0 Å². The van der Waals surface area contributed by atoms with Gasteiger partial charge in [-0.25, -0.2) is 9.18 Å². The summed E-state index contributed by atoms with van der Waals surface area (Å²) in [5.41, 5.74) is 4.21. The fourth-order valence-electron chi connectivity index (χ4n) is 1.75. The lowest BCUT2D eigenvalue weighted by molar-refractivity contribution is -0.162. The fraction of sp³-hybridized carbons (Fsp3) is 0.562. The Bertz CT molecular complexity index is 484. The third-order valence-electron chi connectivity index (χ3n) is 2.83. The second-order valence-electron chi connectivity index (χ2n) is 6.16. The third-order valence-corrected chi connectivity index (χ3v) is 2.83. The van der Waals surface area contributed by atoms with Crippen molar-refractivity contribution in [1.82, 2.24) is 0 Å². The van der Waals surface area contributed by atoms with E-state index in [1.807, 2.05) is 0 Å². The quantitative estimate of drug-likeness (QED) is 0.617. The minimum absolute atomic E-state index is 0.0446. The van der Waals surface area contributed by atoms with Crippen LogP contribution >= 0.6 is 0 Å². The molecule has 0 heterocycles. The van der Waals surface area contributed by atoms with E-state index in [0.717, 1.165) is 5.56 Å². The van der Waals surface area contributed by atoms with Crippen LogP contribution in [0.25, 0.3) is 0 Å². The summed E-state index contributed by atoms with van der Waals surface area (Å²) in [5.74, 6) is -0.132. The van der Waals surface area contributed by atoms with E-state index >= 15 is 0 Å². The van der Waals surface area contributed by atoms with Gasteiger partial charge in [0.25, 0.3) is 0 Å². The highest BCUT2D eigenvalue weighted by atomic mass is 19.1. The number of methoxy groups -OCH3 is 1. The zero-order valence-electron chi connectivity index (χ0n) is 13.5. The second-order valence-corrected chi connectivity index (χ2v) is 6.16. The minimum atomic E-state index is -1.69. The maximum absolute atomic E-state index is 13.3. The number of rotatable bonds is 7. The summed E-state index contributed by atoms with van der Waals surface area (Å²) in [7, 11) is 1.53. The third kappa shape index (κ3) is 5.61. The van der Waals surface area contributed by atoms with Crippen molar-refractivity contribution in [3.8, 4) is 5.75 Å². The normalized spacial score (nSPS) is 14.3. The number of hydrogen-bond donors (Lipinski definition) is 1. The Kier molecular flexibility index (Phi) is 6.32. The monoisotopic (exact) mass is 313 g/mol. The Hall–Kier alpha value is -1.66. The zero-order chi connectivity index (χ0) is 16.8. The summed E-state index contributed by atoms with van der Waals surface area (Å²) in [5, 5.41) is 0. The molecule has 0 aliphatic carbocycles. The molecule has 1 atom stereocenters. The van der Waals surface area contributed by atoms with Crippen molar-refractivity contribution in [3.05, 3.63) is 29.8 Å². The van der Waals surface area contributed by atoms with Crippen molar-refractivity contribution in [1.29, 1.82) is 0 Å². The molecule has 1 rings (SSSR count). The van der Waals surface area contributed by atoms with Gasteiger partial charge < -0.3 is 19.9 Å². The molecule has 6 heteroatoms. The fourth-order valence-corrected chi connectivity index (χ4v) is 1.75. The molecule has 0 aliphatic heterocycles. The van der Waals surface area contributed by atoms with Crippen LogP contribution in [0.3, 0.4) is 0 Å². The lowest BCUT2D eigenvalue weighted by Gasteiger charge is -2.29. The van der Waals surface area contributed by atoms with Gasteiger partial charge in [0, 0.05) is 13.5 Å². The Balaban J connectivity index is 2.78. The Morgan fingerprint density at radius 3 is 2.27 bits per heavy atom. The Morgan fingerprint density at radius 2 is 1.82 bits per heavy atom. The second kappa shape index (κ2) is 7.56. The van der Waals surface area contributed by atoms with Crippen LogP contribution in [0.2, 0.25) is 0 Å². The Morgan fingerprint density at radius 1 is 1.23 bits per heavy atom. The van der Waals surface area contributed by atoms with Crippen molar-refractivity contribution in [2.24, 2.45) is 5.73 Å². The number of ether oxygens (including phenoxy) is 3. The van der Waals surface area contributed by atoms with Gasteiger partial charge in [-0.2, -0.15) is 0 Å². The van der Waals surface area contributed by atoms with Gasteiger partial charge in [-0.15, -0.1) is 0 Å². The molecule has 1 aromatic rings. The minimum Gasteiger partial charge on any atom is -0.468 e. The number of carbonyl (C=O) groups is 1. The van der Waals surface area contributed by atoms with E-state index in [1.54, 1.807) is 45.0 Å². The number of alkyl halides is 1. The molecule has 0 saturated heterocycles. The maximum atomic E-state index is 13.3. The van der Waals surface area contributed by atoms with Gasteiger partial charge in [0.15, 0.2) is 6.79 Å². The molecule has 0 amide bonds. The van der Waals surface area contributed by atoms with E-state index < -0.39 is 23.8 Å². The molecule has 0 saturated carbocycles. The predicted octanol–water partition coefficient (Wildman–Crippen LogP) is 2.22. The first-order valence-electron chi connectivity index (χ1n) is 6.99. The largest absolute Gasteiger partial charge is 0.468 e.